The number of nitriles is 1. The topological polar surface area (TPSA) is 108 Å². The molecule has 0 fully saturated rings. The van der Waals surface area contributed by atoms with Crippen LogP contribution in [0.15, 0.2) is 40.2 Å². The maximum absolute atomic E-state index is 12.8. The summed E-state index contributed by atoms with van der Waals surface area (Å²) in [5, 5.41) is 16.1. The zero-order valence-corrected chi connectivity index (χ0v) is 12.1. The molecule has 0 saturated carbocycles. The Morgan fingerprint density at radius 2 is 2.21 bits per heavy atom. The van der Waals surface area contributed by atoms with Gasteiger partial charge in [-0.25, -0.2) is 0 Å². The fourth-order valence-electron chi connectivity index (χ4n) is 1.92. The number of azide groups is 1. The third-order valence-corrected chi connectivity index (χ3v) is 3.04. The van der Waals surface area contributed by atoms with Gasteiger partial charge in [-0.05, 0) is 30.2 Å². The molecule has 0 N–H and O–H groups in total. The molecule has 0 amide bonds. The van der Waals surface area contributed by atoms with Crippen LogP contribution in [0.5, 0.6) is 5.75 Å². The SMILES string of the molecule is N#Cc1ccc(C(F)(F)F)cc1O[C@H](CCN=[N+]=[N-])c1ccon1. The zero-order chi connectivity index (χ0) is 17.6. The molecule has 0 aliphatic rings. The van der Waals surface area contributed by atoms with Gasteiger partial charge in [0.2, 0.25) is 0 Å². The fourth-order valence-corrected chi connectivity index (χ4v) is 1.92. The Bertz CT molecular complexity index is 777. The van der Waals surface area contributed by atoms with Gasteiger partial charge in [0.25, 0.3) is 0 Å². The number of benzene rings is 1. The molecule has 0 saturated heterocycles. The average Bonchev–Trinajstić information content (AvgIpc) is 3.07. The number of alkyl halides is 3. The van der Waals surface area contributed by atoms with Crippen molar-refractivity contribution in [2.45, 2.75) is 18.7 Å². The quantitative estimate of drug-likeness (QED) is 0.442. The van der Waals surface area contributed by atoms with Crippen LogP contribution in [-0.4, -0.2) is 11.7 Å². The van der Waals surface area contributed by atoms with E-state index in [0.29, 0.717) is 5.69 Å². The van der Waals surface area contributed by atoms with Gasteiger partial charge < -0.3 is 9.26 Å². The second kappa shape index (κ2) is 7.39. The van der Waals surface area contributed by atoms with Crippen LogP contribution in [0.1, 0.15) is 29.3 Å². The van der Waals surface area contributed by atoms with Crippen molar-refractivity contribution in [1.82, 2.24) is 5.16 Å². The lowest BCUT2D eigenvalue weighted by atomic mass is 10.1. The summed E-state index contributed by atoms with van der Waals surface area (Å²) in [7, 11) is 0. The van der Waals surface area contributed by atoms with E-state index >= 15 is 0 Å². The molecule has 0 radical (unpaired) electrons. The zero-order valence-electron chi connectivity index (χ0n) is 12.1. The van der Waals surface area contributed by atoms with Crippen molar-refractivity contribution in [3.05, 3.63) is 57.8 Å². The van der Waals surface area contributed by atoms with Crippen molar-refractivity contribution < 1.29 is 22.4 Å². The molecule has 1 atom stereocenters. The second-order valence-corrected chi connectivity index (χ2v) is 4.59. The van der Waals surface area contributed by atoms with Crippen molar-refractivity contribution in [3.63, 3.8) is 0 Å². The molecule has 2 rings (SSSR count). The van der Waals surface area contributed by atoms with Crippen LogP contribution >= 0.6 is 0 Å². The molecule has 0 bridgehead atoms. The lowest BCUT2D eigenvalue weighted by molar-refractivity contribution is -0.137. The van der Waals surface area contributed by atoms with E-state index in [0.717, 1.165) is 18.2 Å². The molecule has 1 heterocycles. The summed E-state index contributed by atoms with van der Waals surface area (Å²) in [6.45, 7) is 0.0366. The molecule has 24 heavy (non-hydrogen) atoms. The van der Waals surface area contributed by atoms with E-state index in [1.807, 2.05) is 0 Å². The van der Waals surface area contributed by atoms with Crippen LogP contribution < -0.4 is 4.74 Å². The molecule has 0 aliphatic carbocycles. The predicted octanol–water partition coefficient (Wildman–Crippen LogP) is 4.39. The van der Waals surface area contributed by atoms with Gasteiger partial charge in [0.1, 0.15) is 29.9 Å². The number of ether oxygens (including phenoxy) is 1. The van der Waals surface area contributed by atoms with Gasteiger partial charge in [0.05, 0.1) is 11.1 Å². The smallest absolute Gasteiger partial charge is 0.416 e. The van der Waals surface area contributed by atoms with Gasteiger partial charge in [0.15, 0.2) is 0 Å². The van der Waals surface area contributed by atoms with Gasteiger partial charge in [-0.1, -0.05) is 10.3 Å². The highest BCUT2D eigenvalue weighted by Crippen LogP contribution is 2.35. The van der Waals surface area contributed by atoms with Crippen LogP contribution in [-0.2, 0) is 6.18 Å². The third-order valence-electron chi connectivity index (χ3n) is 3.04. The molecule has 2 aromatic rings. The second-order valence-electron chi connectivity index (χ2n) is 4.59. The first-order chi connectivity index (χ1) is 11.5. The Balaban J connectivity index is 2.33. The van der Waals surface area contributed by atoms with Gasteiger partial charge in [-0.3, -0.25) is 0 Å². The Hall–Kier alpha value is -3.18. The number of hydrogen-bond donors (Lipinski definition) is 0. The number of aromatic nitrogens is 1. The molecule has 0 spiro atoms. The largest absolute Gasteiger partial charge is 0.483 e. The molecule has 1 aromatic heterocycles. The molecule has 0 aliphatic heterocycles. The highest BCUT2D eigenvalue weighted by molar-refractivity contribution is 5.46. The summed E-state index contributed by atoms with van der Waals surface area (Å²) in [4.78, 5) is 2.60. The van der Waals surface area contributed by atoms with Crippen LogP contribution in [0.4, 0.5) is 13.2 Å². The van der Waals surface area contributed by atoms with E-state index in [4.69, 9.17) is 20.1 Å². The summed E-state index contributed by atoms with van der Waals surface area (Å²) < 4.78 is 48.8. The number of hydrogen-bond acceptors (Lipinski definition) is 5. The molecule has 1 aromatic carbocycles. The Labute approximate surface area is 133 Å². The number of nitrogens with zero attached hydrogens (tertiary/aromatic N) is 5. The van der Waals surface area contributed by atoms with Crippen LogP contribution in [0.2, 0.25) is 0 Å². The first-order valence-electron chi connectivity index (χ1n) is 6.65. The van der Waals surface area contributed by atoms with Gasteiger partial charge >= 0.3 is 6.18 Å². The summed E-state index contributed by atoms with van der Waals surface area (Å²) in [6, 6.07) is 5.83. The van der Waals surface area contributed by atoms with E-state index in [-0.39, 0.29) is 24.3 Å². The lowest BCUT2D eigenvalue weighted by Crippen LogP contribution is -2.12. The van der Waals surface area contributed by atoms with E-state index in [9.17, 15) is 13.2 Å². The minimum absolute atomic E-state index is 0.0366. The minimum Gasteiger partial charge on any atom is -0.483 e. The molecule has 0 unspecified atom stereocenters. The van der Waals surface area contributed by atoms with E-state index in [2.05, 4.69) is 15.2 Å². The highest BCUT2D eigenvalue weighted by atomic mass is 19.4. The summed E-state index contributed by atoms with van der Waals surface area (Å²) in [5.74, 6) is -0.235. The van der Waals surface area contributed by atoms with Crippen LogP contribution in [0.25, 0.3) is 10.4 Å². The van der Waals surface area contributed by atoms with Crippen molar-refractivity contribution >= 4 is 0 Å². The van der Waals surface area contributed by atoms with Crippen molar-refractivity contribution in [2.24, 2.45) is 5.11 Å². The molecule has 124 valence electrons. The highest BCUT2D eigenvalue weighted by Gasteiger charge is 2.31. The standard InChI is InChI=1S/C14H10F3N5O2/c15-14(16,17)10-2-1-9(8-18)13(7-10)24-12(3-5-20-22-19)11-4-6-23-21-11/h1-2,4,6-7,12H,3,5H2/t12-/m1/s1. The van der Waals surface area contributed by atoms with Gasteiger partial charge in [-0.2, -0.15) is 18.4 Å². The first kappa shape index (κ1) is 17.2. The van der Waals surface area contributed by atoms with Crippen LogP contribution in [0.3, 0.4) is 0 Å². The summed E-state index contributed by atoms with van der Waals surface area (Å²) in [6.07, 6.45) is -3.97. The lowest BCUT2D eigenvalue weighted by Gasteiger charge is -2.18. The third kappa shape index (κ3) is 4.18. The fraction of sp³-hybridized carbons (Fsp3) is 0.286. The first-order valence-corrected chi connectivity index (χ1v) is 6.65. The maximum Gasteiger partial charge on any atom is 0.416 e. The predicted molar refractivity (Wildman–Crippen MR) is 74.7 cm³/mol. The van der Waals surface area contributed by atoms with E-state index < -0.39 is 17.8 Å². The van der Waals surface area contributed by atoms with Crippen molar-refractivity contribution in [3.8, 4) is 11.8 Å². The van der Waals surface area contributed by atoms with Crippen LogP contribution in [0, 0.1) is 11.3 Å². The Morgan fingerprint density at radius 3 is 2.79 bits per heavy atom. The summed E-state index contributed by atoms with van der Waals surface area (Å²) in [5.41, 5.74) is 7.64. The minimum atomic E-state index is -4.57. The van der Waals surface area contributed by atoms with Gasteiger partial charge in [-0.15, -0.1) is 0 Å². The Kier molecular flexibility index (Phi) is 5.29. The number of rotatable bonds is 6. The maximum atomic E-state index is 12.8. The Morgan fingerprint density at radius 1 is 1.42 bits per heavy atom. The molecular formula is C14H10F3N5O2. The monoisotopic (exact) mass is 337 g/mol. The van der Waals surface area contributed by atoms with E-state index in [1.165, 1.54) is 12.3 Å². The molecular weight excluding hydrogens is 327 g/mol. The number of halogens is 3. The molecule has 10 heteroatoms. The summed E-state index contributed by atoms with van der Waals surface area (Å²) >= 11 is 0. The normalized spacial score (nSPS) is 12.1. The van der Waals surface area contributed by atoms with Crippen molar-refractivity contribution in [1.29, 1.82) is 5.26 Å². The average molecular weight is 337 g/mol. The van der Waals surface area contributed by atoms with Gasteiger partial charge in [0, 0.05) is 17.5 Å². The van der Waals surface area contributed by atoms with Crippen molar-refractivity contribution in [2.75, 3.05) is 6.54 Å². The van der Waals surface area contributed by atoms with E-state index in [1.54, 1.807) is 6.07 Å². The molecule has 7 nitrogen and oxygen atoms in total.